The monoisotopic (exact) mass is 546 g/mol. The molecule has 0 radical (unpaired) electrons. The molecular formula is C26H26N8O6. The number of esters is 1. The molecule has 14 heteroatoms. The van der Waals surface area contributed by atoms with Crippen molar-refractivity contribution >= 4 is 23.3 Å². The molecule has 206 valence electrons. The lowest BCUT2D eigenvalue weighted by Gasteiger charge is -2.21. The number of nitrogens with one attached hydrogen (secondary N) is 3. The standard InChI is InChI=1S/C26H26N8O6/c1-13(35)18-10-15(11-20(38-3)22(18)39-4)21(24-32-26(37)34(33-24)25-29-8-5-9-30-25)31-16-6-7-17(23(27)28)19(12-16)40-14(2)36/h5-12,21,31H,1-4H3,(H3,27,28)(H,32,33,37)/t21-/m0/s1. The second-order valence-corrected chi connectivity index (χ2v) is 8.43. The van der Waals surface area contributed by atoms with Crippen LogP contribution >= 0.6 is 0 Å². The van der Waals surface area contributed by atoms with Crippen LogP contribution in [-0.2, 0) is 4.79 Å². The Balaban J connectivity index is 1.90. The molecular weight excluding hydrogens is 520 g/mol. The smallest absolute Gasteiger partial charge is 0.350 e. The molecule has 0 spiro atoms. The first-order chi connectivity index (χ1) is 19.1. The van der Waals surface area contributed by atoms with Crippen LogP contribution in [0.25, 0.3) is 5.95 Å². The molecule has 40 heavy (non-hydrogen) atoms. The van der Waals surface area contributed by atoms with Gasteiger partial charge < -0.3 is 25.3 Å². The molecule has 0 aliphatic carbocycles. The lowest BCUT2D eigenvalue weighted by atomic mass is 9.99. The van der Waals surface area contributed by atoms with E-state index in [1.54, 1.807) is 24.3 Å². The number of nitrogens with zero attached hydrogens (tertiary/aromatic N) is 4. The van der Waals surface area contributed by atoms with Gasteiger partial charge in [0, 0.05) is 31.1 Å². The summed E-state index contributed by atoms with van der Waals surface area (Å²) >= 11 is 0. The number of ether oxygens (including phenoxy) is 3. The fraction of sp³-hybridized carbons (Fsp3) is 0.192. The molecule has 0 unspecified atom stereocenters. The van der Waals surface area contributed by atoms with Gasteiger partial charge in [-0.05, 0) is 42.8 Å². The van der Waals surface area contributed by atoms with Crippen LogP contribution in [0.3, 0.4) is 0 Å². The molecule has 0 saturated heterocycles. The minimum atomic E-state index is -0.885. The molecule has 1 atom stereocenters. The van der Waals surface area contributed by atoms with Crippen molar-refractivity contribution in [2.75, 3.05) is 19.5 Å². The highest BCUT2D eigenvalue weighted by atomic mass is 16.5. The largest absolute Gasteiger partial charge is 0.493 e. The lowest BCUT2D eigenvalue weighted by molar-refractivity contribution is -0.131. The highest BCUT2D eigenvalue weighted by molar-refractivity contribution is 5.99. The van der Waals surface area contributed by atoms with Crippen LogP contribution in [0.5, 0.6) is 17.2 Å². The van der Waals surface area contributed by atoms with E-state index in [2.05, 4.69) is 25.4 Å². The van der Waals surface area contributed by atoms with Crippen molar-refractivity contribution < 1.29 is 23.8 Å². The number of hydrogen-bond donors (Lipinski definition) is 4. The summed E-state index contributed by atoms with van der Waals surface area (Å²) in [6.45, 7) is 2.61. The van der Waals surface area contributed by atoms with Crippen molar-refractivity contribution in [2.24, 2.45) is 5.73 Å². The van der Waals surface area contributed by atoms with Crippen molar-refractivity contribution in [3.05, 3.63) is 81.8 Å². The number of aromatic nitrogens is 5. The first kappa shape index (κ1) is 27.5. The number of Topliss-reactive ketones (excluding diaryl/α,β-unsaturated/α-hetero) is 1. The minimum absolute atomic E-state index is 0.0495. The number of hydrogen-bond acceptors (Lipinski definition) is 11. The third-order valence-electron chi connectivity index (χ3n) is 5.70. The van der Waals surface area contributed by atoms with Gasteiger partial charge in [-0.1, -0.05) is 0 Å². The molecule has 2 heterocycles. The number of aromatic amines is 1. The lowest BCUT2D eigenvalue weighted by Crippen LogP contribution is -2.18. The van der Waals surface area contributed by atoms with Gasteiger partial charge in [0.1, 0.15) is 17.6 Å². The van der Waals surface area contributed by atoms with Crippen LogP contribution in [0.1, 0.15) is 47.2 Å². The molecule has 5 N–H and O–H groups in total. The minimum Gasteiger partial charge on any atom is -0.493 e. The van der Waals surface area contributed by atoms with E-state index in [1.807, 2.05) is 0 Å². The van der Waals surface area contributed by atoms with Crippen LogP contribution in [0.15, 0.2) is 53.6 Å². The summed E-state index contributed by atoms with van der Waals surface area (Å²) in [4.78, 5) is 48.0. The van der Waals surface area contributed by atoms with E-state index in [0.29, 0.717) is 11.3 Å². The summed E-state index contributed by atoms with van der Waals surface area (Å²) in [5, 5.41) is 15.4. The number of methoxy groups -OCH3 is 2. The number of nitrogen functional groups attached to an aromatic ring is 1. The maximum Gasteiger partial charge on any atom is 0.350 e. The third kappa shape index (κ3) is 5.65. The molecule has 0 aliphatic heterocycles. The van der Waals surface area contributed by atoms with Crippen molar-refractivity contribution in [2.45, 2.75) is 19.9 Å². The Morgan fingerprint density at radius 1 is 1.05 bits per heavy atom. The summed E-state index contributed by atoms with van der Waals surface area (Å²) in [5.41, 5.74) is 6.39. The Labute approximate surface area is 227 Å². The molecule has 0 amide bonds. The molecule has 0 saturated carbocycles. The number of anilines is 1. The molecule has 4 aromatic rings. The van der Waals surface area contributed by atoms with E-state index >= 15 is 0 Å². The molecule has 14 nitrogen and oxygen atoms in total. The van der Waals surface area contributed by atoms with E-state index in [4.69, 9.17) is 25.4 Å². The second-order valence-electron chi connectivity index (χ2n) is 8.43. The maximum absolute atomic E-state index is 12.9. The number of amidine groups is 1. The Kier molecular flexibility index (Phi) is 7.89. The Bertz CT molecular complexity index is 1650. The van der Waals surface area contributed by atoms with Crippen LogP contribution in [0, 0.1) is 5.41 Å². The van der Waals surface area contributed by atoms with Crippen molar-refractivity contribution in [1.82, 2.24) is 24.7 Å². The predicted molar refractivity (Wildman–Crippen MR) is 144 cm³/mol. The van der Waals surface area contributed by atoms with Crippen LogP contribution < -0.4 is 31.0 Å². The Morgan fingerprint density at radius 3 is 2.38 bits per heavy atom. The number of ketones is 1. The second kappa shape index (κ2) is 11.5. The SMILES string of the molecule is COc1cc([C@H](Nc2ccc(C(=N)N)c(OC(C)=O)c2)c2nn(-c3ncccn3)c(=O)[nH]2)cc(C(C)=O)c1OC. The molecule has 2 aromatic heterocycles. The average molecular weight is 547 g/mol. The van der Waals surface area contributed by atoms with Gasteiger partial charge in [-0.25, -0.2) is 14.8 Å². The van der Waals surface area contributed by atoms with E-state index in [0.717, 1.165) is 4.68 Å². The van der Waals surface area contributed by atoms with Gasteiger partial charge >= 0.3 is 11.7 Å². The quantitative estimate of drug-likeness (QED) is 0.0745. The number of nitrogens with two attached hydrogens (primary N) is 1. The van der Waals surface area contributed by atoms with Crippen molar-refractivity contribution in [3.8, 4) is 23.2 Å². The first-order valence-corrected chi connectivity index (χ1v) is 11.8. The van der Waals surface area contributed by atoms with E-state index in [1.165, 1.54) is 52.6 Å². The maximum atomic E-state index is 12.9. The first-order valence-electron chi connectivity index (χ1n) is 11.8. The molecule has 4 rings (SSSR count). The number of carbonyl (C=O) groups is 2. The highest BCUT2D eigenvalue weighted by Crippen LogP contribution is 2.37. The molecule has 0 fully saturated rings. The Hall–Kier alpha value is -5.53. The van der Waals surface area contributed by atoms with Gasteiger partial charge in [0.25, 0.3) is 5.95 Å². The van der Waals surface area contributed by atoms with Gasteiger partial charge in [-0.15, -0.1) is 9.78 Å². The average Bonchev–Trinajstić information content (AvgIpc) is 3.32. The fourth-order valence-electron chi connectivity index (χ4n) is 3.97. The topological polar surface area (TPSA) is 200 Å². The molecule has 0 bridgehead atoms. The van der Waals surface area contributed by atoms with E-state index < -0.39 is 17.7 Å². The summed E-state index contributed by atoms with van der Waals surface area (Å²) in [5.74, 6) is -0.413. The Morgan fingerprint density at radius 2 is 1.77 bits per heavy atom. The van der Waals surface area contributed by atoms with Crippen molar-refractivity contribution in [3.63, 3.8) is 0 Å². The summed E-state index contributed by atoms with van der Waals surface area (Å²) in [6, 6.07) is 8.54. The summed E-state index contributed by atoms with van der Waals surface area (Å²) < 4.78 is 17.2. The number of H-pyrrole nitrogens is 1. The third-order valence-corrected chi connectivity index (χ3v) is 5.70. The van der Waals surface area contributed by atoms with Gasteiger partial charge in [-0.3, -0.25) is 20.0 Å². The highest BCUT2D eigenvalue weighted by Gasteiger charge is 2.26. The van der Waals surface area contributed by atoms with Gasteiger partial charge in [-0.2, -0.15) is 0 Å². The zero-order chi connectivity index (χ0) is 29.0. The van der Waals surface area contributed by atoms with Crippen molar-refractivity contribution in [1.29, 1.82) is 5.41 Å². The van der Waals surface area contributed by atoms with Crippen LogP contribution in [-0.4, -0.2) is 56.5 Å². The van der Waals surface area contributed by atoms with Crippen LogP contribution in [0.2, 0.25) is 0 Å². The fourth-order valence-corrected chi connectivity index (χ4v) is 3.97. The van der Waals surface area contributed by atoms with Gasteiger partial charge in [0.05, 0.1) is 25.3 Å². The van der Waals surface area contributed by atoms with Gasteiger partial charge in [0.15, 0.2) is 23.1 Å². The molecule has 2 aromatic carbocycles. The normalized spacial score (nSPS) is 11.4. The van der Waals surface area contributed by atoms with E-state index in [9.17, 15) is 14.4 Å². The summed E-state index contributed by atoms with van der Waals surface area (Å²) in [6.07, 6.45) is 2.94. The predicted octanol–water partition coefficient (Wildman–Crippen LogP) is 1.98. The number of rotatable bonds is 10. The summed E-state index contributed by atoms with van der Waals surface area (Å²) in [7, 11) is 2.86. The number of carbonyl (C=O) groups excluding carboxylic acids is 2. The molecule has 0 aliphatic rings. The van der Waals surface area contributed by atoms with E-state index in [-0.39, 0.29) is 51.8 Å². The number of benzene rings is 2. The zero-order valence-corrected chi connectivity index (χ0v) is 22.0. The zero-order valence-electron chi connectivity index (χ0n) is 22.0. The van der Waals surface area contributed by atoms with Crippen LogP contribution in [0.4, 0.5) is 5.69 Å². The van der Waals surface area contributed by atoms with Gasteiger partial charge in [0.2, 0.25) is 0 Å².